The summed E-state index contributed by atoms with van der Waals surface area (Å²) >= 11 is 3.26. The second kappa shape index (κ2) is 4.61. The van der Waals surface area contributed by atoms with Gasteiger partial charge >= 0.3 is 6.03 Å². The first-order valence-electron chi connectivity index (χ1n) is 3.49. The first-order valence-corrected chi connectivity index (χ1v) is 4.28. The largest absolute Gasteiger partial charge is 0.325 e. The van der Waals surface area contributed by atoms with Gasteiger partial charge in [0, 0.05) is 10.2 Å². The van der Waals surface area contributed by atoms with Crippen molar-refractivity contribution in [3.8, 4) is 0 Å². The van der Waals surface area contributed by atoms with Crippen LogP contribution in [-0.2, 0) is 4.79 Å². The van der Waals surface area contributed by atoms with Crippen molar-refractivity contribution in [1.29, 1.82) is 0 Å². The number of rotatable bonds is 2. The molecule has 0 saturated heterocycles. The first kappa shape index (κ1) is 9.73. The third kappa shape index (κ3) is 3.25. The maximum absolute atomic E-state index is 10.8. The molecule has 0 atom stereocenters. The Bertz CT molecular complexity index is 310. The highest BCUT2D eigenvalue weighted by Gasteiger charge is 1.98. The predicted molar refractivity (Wildman–Crippen MR) is 52.4 cm³/mol. The van der Waals surface area contributed by atoms with Gasteiger partial charge in [0.1, 0.15) is 0 Å². The lowest BCUT2D eigenvalue weighted by molar-refractivity contribution is -0.108. The number of imide groups is 1. The Morgan fingerprint density at radius 2 is 1.92 bits per heavy atom. The fourth-order valence-corrected chi connectivity index (χ4v) is 1.02. The Morgan fingerprint density at radius 3 is 2.46 bits per heavy atom. The van der Waals surface area contributed by atoms with Crippen LogP contribution in [0.15, 0.2) is 28.7 Å². The molecule has 1 rings (SSSR count). The second-order valence-electron chi connectivity index (χ2n) is 2.22. The third-order valence-electron chi connectivity index (χ3n) is 1.29. The zero-order chi connectivity index (χ0) is 9.68. The fraction of sp³-hybridized carbons (Fsp3) is 0. The van der Waals surface area contributed by atoms with Gasteiger partial charge in [0.15, 0.2) is 0 Å². The minimum atomic E-state index is -0.544. The predicted octanol–water partition coefficient (Wildman–Crippen LogP) is 1.73. The Balaban J connectivity index is 2.59. The van der Waals surface area contributed by atoms with E-state index in [2.05, 4.69) is 21.2 Å². The number of carbonyl (C=O) groups excluding carboxylic acids is 2. The van der Waals surface area contributed by atoms with Gasteiger partial charge in [-0.2, -0.15) is 0 Å². The summed E-state index contributed by atoms with van der Waals surface area (Å²) in [4.78, 5) is 20.7. The molecule has 0 aromatic heterocycles. The number of hydrogen-bond acceptors (Lipinski definition) is 2. The summed E-state index contributed by atoms with van der Waals surface area (Å²) < 4.78 is 0.925. The van der Waals surface area contributed by atoms with Gasteiger partial charge in [0.05, 0.1) is 0 Å². The lowest BCUT2D eigenvalue weighted by atomic mass is 10.3. The lowest BCUT2D eigenvalue weighted by Crippen LogP contribution is -2.26. The maximum Gasteiger partial charge on any atom is 0.325 e. The normalized spacial score (nSPS) is 9.00. The minimum Gasteiger partial charge on any atom is -0.308 e. The van der Waals surface area contributed by atoms with E-state index in [1.54, 1.807) is 24.3 Å². The van der Waals surface area contributed by atoms with Gasteiger partial charge < -0.3 is 5.32 Å². The second-order valence-corrected chi connectivity index (χ2v) is 3.14. The summed E-state index contributed by atoms with van der Waals surface area (Å²) in [6, 6.07) is 6.47. The van der Waals surface area contributed by atoms with Gasteiger partial charge in [-0.05, 0) is 24.3 Å². The lowest BCUT2D eigenvalue weighted by Gasteiger charge is -2.02. The van der Waals surface area contributed by atoms with E-state index in [0.29, 0.717) is 12.1 Å². The van der Waals surface area contributed by atoms with Crippen molar-refractivity contribution in [2.45, 2.75) is 0 Å². The molecular formula is C8H7BrN2O2. The van der Waals surface area contributed by atoms with E-state index in [9.17, 15) is 9.59 Å². The molecule has 2 N–H and O–H groups in total. The summed E-state index contributed by atoms with van der Waals surface area (Å²) in [6.07, 6.45) is 0.328. The highest BCUT2D eigenvalue weighted by atomic mass is 79.9. The molecular weight excluding hydrogens is 236 g/mol. The van der Waals surface area contributed by atoms with Crippen LogP contribution in [0, 0.1) is 0 Å². The monoisotopic (exact) mass is 242 g/mol. The average Bonchev–Trinajstić information content (AvgIpc) is 2.09. The van der Waals surface area contributed by atoms with E-state index in [1.165, 1.54) is 0 Å². The molecule has 0 saturated carbocycles. The summed E-state index contributed by atoms with van der Waals surface area (Å²) in [6.45, 7) is 0. The van der Waals surface area contributed by atoms with E-state index in [4.69, 9.17) is 0 Å². The van der Waals surface area contributed by atoms with Gasteiger partial charge in [-0.1, -0.05) is 15.9 Å². The first-order chi connectivity index (χ1) is 6.22. The van der Waals surface area contributed by atoms with Crippen molar-refractivity contribution >= 4 is 34.1 Å². The van der Waals surface area contributed by atoms with Crippen LogP contribution in [0.25, 0.3) is 0 Å². The minimum absolute atomic E-state index is 0.328. The molecule has 5 heteroatoms. The average molecular weight is 243 g/mol. The SMILES string of the molecule is O=CNC(=O)Nc1ccc(Br)cc1. The molecule has 0 bridgehead atoms. The molecule has 1 aromatic rings. The van der Waals surface area contributed by atoms with Crippen LogP contribution >= 0.6 is 15.9 Å². The maximum atomic E-state index is 10.8. The van der Waals surface area contributed by atoms with Crippen molar-refractivity contribution < 1.29 is 9.59 Å². The van der Waals surface area contributed by atoms with Crippen LogP contribution in [0.3, 0.4) is 0 Å². The quantitative estimate of drug-likeness (QED) is 0.777. The Labute approximate surface area is 83.5 Å². The smallest absolute Gasteiger partial charge is 0.308 e. The van der Waals surface area contributed by atoms with E-state index < -0.39 is 6.03 Å². The summed E-state index contributed by atoms with van der Waals surface area (Å²) in [5.74, 6) is 0. The summed E-state index contributed by atoms with van der Waals surface area (Å²) in [5.41, 5.74) is 0.627. The standard InChI is InChI=1S/C8H7BrN2O2/c9-6-1-3-7(4-2-6)11-8(13)10-5-12/h1-5H,(H2,10,11,12,13). The van der Waals surface area contributed by atoms with Crippen molar-refractivity contribution in [1.82, 2.24) is 5.32 Å². The van der Waals surface area contributed by atoms with Gasteiger partial charge in [-0.3, -0.25) is 10.1 Å². The molecule has 0 fully saturated rings. The van der Waals surface area contributed by atoms with Crippen molar-refractivity contribution in [2.24, 2.45) is 0 Å². The van der Waals surface area contributed by atoms with Crippen molar-refractivity contribution in [3.63, 3.8) is 0 Å². The zero-order valence-electron chi connectivity index (χ0n) is 6.58. The van der Waals surface area contributed by atoms with Crippen molar-refractivity contribution in [2.75, 3.05) is 5.32 Å². The molecule has 0 aliphatic carbocycles. The molecule has 4 nitrogen and oxygen atoms in total. The third-order valence-corrected chi connectivity index (χ3v) is 1.82. The van der Waals surface area contributed by atoms with E-state index in [0.717, 1.165) is 4.47 Å². The summed E-state index contributed by atoms with van der Waals surface area (Å²) in [5, 5.41) is 4.43. The number of anilines is 1. The van der Waals surface area contributed by atoms with Gasteiger partial charge in [-0.15, -0.1) is 0 Å². The fourth-order valence-electron chi connectivity index (χ4n) is 0.754. The number of amides is 3. The van der Waals surface area contributed by atoms with E-state index >= 15 is 0 Å². The van der Waals surface area contributed by atoms with Gasteiger partial charge in [-0.25, -0.2) is 4.79 Å². The molecule has 0 aliphatic rings. The topological polar surface area (TPSA) is 58.2 Å². The molecule has 0 aliphatic heterocycles. The Hall–Kier alpha value is -1.36. The number of nitrogens with one attached hydrogen (secondary N) is 2. The van der Waals surface area contributed by atoms with E-state index in [-0.39, 0.29) is 0 Å². The molecule has 68 valence electrons. The Kier molecular flexibility index (Phi) is 3.45. The number of hydrogen-bond donors (Lipinski definition) is 2. The highest BCUT2D eigenvalue weighted by molar-refractivity contribution is 9.10. The van der Waals surface area contributed by atoms with Crippen LogP contribution in [0.2, 0.25) is 0 Å². The highest BCUT2D eigenvalue weighted by Crippen LogP contribution is 2.13. The van der Waals surface area contributed by atoms with Crippen LogP contribution in [-0.4, -0.2) is 12.4 Å². The van der Waals surface area contributed by atoms with Crippen LogP contribution in [0.4, 0.5) is 10.5 Å². The molecule has 0 spiro atoms. The molecule has 1 aromatic carbocycles. The van der Waals surface area contributed by atoms with Gasteiger partial charge in [0.25, 0.3) is 0 Å². The van der Waals surface area contributed by atoms with Crippen molar-refractivity contribution in [3.05, 3.63) is 28.7 Å². The van der Waals surface area contributed by atoms with Gasteiger partial charge in [0.2, 0.25) is 6.41 Å². The molecule has 0 radical (unpaired) electrons. The number of carbonyl (C=O) groups is 2. The van der Waals surface area contributed by atoms with E-state index in [1.807, 2.05) is 5.32 Å². The molecule has 0 heterocycles. The number of urea groups is 1. The number of benzene rings is 1. The summed E-state index contributed by atoms with van der Waals surface area (Å²) in [7, 11) is 0. The molecule has 0 unspecified atom stereocenters. The molecule has 13 heavy (non-hydrogen) atoms. The Morgan fingerprint density at radius 1 is 1.31 bits per heavy atom. The zero-order valence-corrected chi connectivity index (χ0v) is 8.17. The van der Waals surface area contributed by atoms with Crippen LogP contribution in [0.5, 0.6) is 0 Å². The molecule has 3 amide bonds. The number of halogens is 1. The van der Waals surface area contributed by atoms with Crippen LogP contribution < -0.4 is 10.6 Å². The van der Waals surface area contributed by atoms with Crippen LogP contribution in [0.1, 0.15) is 0 Å².